The average Bonchev–Trinajstić information content (AvgIpc) is 3.11. The van der Waals surface area contributed by atoms with Gasteiger partial charge in [-0.05, 0) is 56.0 Å². The summed E-state index contributed by atoms with van der Waals surface area (Å²) in [4.78, 5) is 20.1. The van der Waals surface area contributed by atoms with Gasteiger partial charge < -0.3 is 9.73 Å². The molecule has 0 saturated heterocycles. The third-order valence-corrected chi connectivity index (χ3v) is 5.33. The van der Waals surface area contributed by atoms with E-state index in [0.717, 1.165) is 25.1 Å². The first-order valence-electron chi connectivity index (χ1n) is 9.20. The maximum atomic E-state index is 12.8. The van der Waals surface area contributed by atoms with Gasteiger partial charge >= 0.3 is 6.18 Å². The van der Waals surface area contributed by atoms with Gasteiger partial charge in [-0.15, -0.1) is 0 Å². The zero-order valence-electron chi connectivity index (χ0n) is 15.2. The van der Waals surface area contributed by atoms with Crippen molar-refractivity contribution < 1.29 is 22.4 Å². The minimum absolute atomic E-state index is 0.0507. The van der Waals surface area contributed by atoms with Gasteiger partial charge in [0.1, 0.15) is 11.2 Å². The summed E-state index contributed by atoms with van der Waals surface area (Å²) in [5.74, 6) is 0.251. The van der Waals surface area contributed by atoms with Crippen LogP contribution in [0, 0.1) is 0 Å². The van der Waals surface area contributed by atoms with Crippen LogP contribution in [0.3, 0.4) is 0 Å². The molecule has 0 radical (unpaired) electrons. The molecule has 0 atom stereocenters. The lowest BCUT2D eigenvalue weighted by atomic mass is 9.86. The lowest BCUT2D eigenvalue weighted by Crippen LogP contribution is -2.37. The number of pyridine rings is 1. The predicted molar refractivity (Wildman–Crippen MR) is 101 cm³/mol. The number of nitrogens with zero attached hydrogens (tertiary/aromatic N) is 2. The van der Waals surface area contributed by atoms with E-state index in [9.17, 15) is 18.0 Å². The summed E-state index contributed by atoms with van der Waals surface area (Å²) in [6, 6.07) is 7.21. The van der Waals surface area contributed by atoms with Gasteiger partial charge in [0, 0.05) is 28.7 Å². The molecule has 2 aromatic heterocycles. The van der Waals surface area contributed by atoms with Crippen molar-refractivity contribution in [2.75, 3.05) is 0 Å². The normalized spacial score (nSPS) is 20.0. The van der Waals surface area contributed by atoms with Crippen molar-refractivity contribution in [2.45, 2.75) is 43.8 Å². The SMILES string of the molecule is O=C(NC1CCC(c2nc3cc(Cl)ccc3o2)CC1)c1ccnc(C(F)(F)F)c1. The summed E-state index contributed by atoms with van der Waals surface area (Å²) in [6.45, 7) is 0. The molecule has 29 heavy (non-hydrogen) atoms. The molecule has 0 bridgehead atoms. The minimum atomic E-state index is -4.59. The number of aromatic nitrogens is 2. The summed E-state index contributed by atoms with van der Waals surface area (Å²) >= 11 is 5.98. The van der Waals surface area contributed by atoms with Crippen molar-refractivity contribution in [1.29, 1.82) is 0 Å². The van der Waals surface area contributed by atoms with Gasteiger partial charge in [-0.2, -0.15) is 13.2 Å². The number of nitrogens with one attached hydrogen (secondary N) is 1. The molecule has 0 aliphatic heterocycles. The van der Waals surface area contributed by atoms with Crippen LogP contribution < -0.4 is 5.32 Å². The number of carbonyl (C=O) groups is 1. The van der Waals surface area contributed by atoms with E-state index >= 15 is 0 Å². The van der Waals surface area contributed by atoms with Crippen molar-refractivity contribution in [1.82, 2.24) is 15.3 Å². The monoisotopic (exact) mass is 423 g/mol. The number of hydrogen-bond acceptors (Lipinski definition) is 4. The molecule has 0 spiro atoms. The van der Waals surface area contributed by atoms with E-state index in [1.54, 1.807) is 18.2 Å². The highest BCUT2D eigenvalue weighted by atomic mass is 35.5. The van der Waals surface area contributed by atoms with Gasteiger partial charge in [0.2, 0.25) is 0 Å². The number of alkyl halides is 3. The quantitative estimate of drug-likeness (QED) is 0.616. The van der Waals surface area contributed by atoms with E-state index in [2.05, 4.69) is 15.3 Å². The fraction of sp³-hybridized carbons (Fsp3) is 0.350. The second-order valence-corrected chi connectivity index (χ2v) is 7.55. The van der Waals surface area contributed by atoms with Crippen molar-refractivity contribution in [3.05, 3.63) is 58.7 Å². The highest BCUT2D eigenvalue weighted by Crippen LogP contribution is 2.34. The highest BCUT2D eigenvalue weighted by molar-refractivity contribution is 6.31. The van der Waals surface area contributed by atoms with Gasteiger partial charge in [-0.3, -0.25) is 9.78 Å². The Morgan fingerprint density at radius 2 is 1.90 bits per heavy atom. The van der Waals surface area contributed by atoms with E-state index in [1.807, 2.05) is 0 Å². The van der Waals surface area contributed by atoms with E-state index in [1.165, 1.54) is 6.07 Å². The topological polar surface area (TPSA) is 68.0 Å². The Morgan fingerprint density at radius 3 is 2.62 bits per heavy atom. The number of benzene rings is 1. The number of fused-ring (bicyclic) bond motifs is 1. The number of hydrogen-bond donors (Lipinski definition) is 1. The molecule has 2 heterocycles. The van der Waals surface area contributed by atoms with Crippen molar-refractivity contribution in [2.24, 2.45) is 0 Å². The Hall–Kier alpha value is -2.61. The molecule has 1 N–H and O–H groups in total. The molecule has 1 aliphatic rings. The fourth-order valence-electron chi connectivity index (χ4n) is 3.57. The average molecular weight is 424 g/mol. The number of amides is 1. The molecule has 1 amide bonds. The number of carbonyl (C=O) groups excluding carboxylic acids is 1. The van der Waals surface area contributed by atoms with Crippen LogP contribution in [0.2, 0.25) is 5.02 Å². The van der Waals surface area contributed by atoms with Crippen molar-refractivity contribution >= 4 is 28.6 Å². The zero-order chi connectivity index (χ0) is 20.6. The van der Waals surface area contributed by atoms with Crippen LogP contribution >= 0.6 is 11.6 Å². The van der Waals surface area contributed by atoms with E-state index in [0.29, 0.717) is 34.9 Å². The molecule has 3 aromatic rings. The minimum Gasteiger partial charge on any atom is -0.440 e. The second-order valence-electron chi connectivity index (χ2n) is 7.11. The molecule has 4 rings (SSSR count). The van der Waals surface area contributed by atoms with Crippen LogP contribution in [-0.2, 0) is 6.18 Å². The molecule has 1 aromatic carbocycles. The molecule has 152 valence electrons. The predicted octanol–water partition coefficient (Wildman–Crippen LogP) is 5.35. The van der Waals surface area contributed by atoms with Gasteiger partial charge in [-0.25, -0.2) is 4.98 Å². The van der Waals surface area contributed by atoms with E-state index < -0.39 is 17.8 Å². The standard InChI is InChI=1S/C20H17ClF3N3O2/c21-13-3-6-16-15(10-13)27-19(29-16)11-1-4-14(5-2-11)26-18(28)12-7-8-25-17(9-12)20(22,23)24/h3,6-11,14H,1-2,4-5H2,(H,26,28). The van der Waals surface area contributed by atoms with Crippen LogP contribution in [0.1, 0.15) is 53.5 Å². The maximum absolute atomic E-state index is 12.8. The first-order chi connectivity index (χ1) is 13.8. The van der Waals surface area contributed by atoms with Crippen molar-refractivity contribution in [3.8, 4) is 0 Å². The summed E-state index contributed by atoms with van der Waals surface area (Å²) in [7, 11) is 0. The Morgan fingerprint density at radius 1 is 1.14 bits per heavy atom. The van der Waals surface area contributed by atoms with E-state index in [4.69, 9.17) is 16.0 Å². The Bertz CT molecular complexity index is 1040. The zero-order valence-corrected chi connectivity index (χ0v) is 15.9. The van der Waals surface area contributed by atoms with Crippen LogP contribution in [0.5, 0.6) is 0 Å². The number of rotatable bonds is 3. The summed E-state index contributed by atoms with van der Waals surface area (Å²) in [5.41, 5.74) is 0.259. The Labute approximate surface area is 169 Å². The van der Waals surface area contributed by atoms with Gasteiger partial charge in [0.05, 0.1) is 0 Å². The smallest absolute Gasteiger partial charge is 0.433 e. The second kappa shape index (κ2) is 7.67. The molecule has 0 unspecified atom stereocenters. The summed E-state index contributed by atoms with van der Waals surface area (Å²) in [5, 5.41) is 3.41. The van der Waals surface area contributed by atoms with Crippen LogP contribution in [0.25, 0.3) is 11.1 Å². The molecular weight excluding hydrogens is 407 g/mol. The van der Waals surface area contributed by atoms with Crippen molar-refractivity contribution in [3.63, 3.8) is 0 Å². The number of halogens is 4. The third kappa shape index (κ3) is 4.37. The molecule has 5 nitrogen and oxygen atoms in total. The molecule has 1 saturated carbocycles. The Balaban J connectivity index is 1.37. The Kier molecular flexibility index (Phi) is 5.21. The van der Waals surface area contributed by atoms with Gasteiger partial charge in [0.25, 0.3) is 5.91 Å². The van der Waals surface area contributed by atoms with Crippen LogP contribution in [0.15, 0.2) is 40.9 Å². The highest BCUT2D eigenvalue weighted by Gasteiger charge is 2.33. The first-order valence-corrected chi connectivity index (χ1v) is 9.57. The first kappa shape index (κ1) is 19.7. The number of oxazole rings is 1. The fourth-order valence-corrected chi connectivity index (χ4v) is 3.74. The molecule has 1 aliphatic carbocycles. The summed E-state index contributed by atoms with van der Waals surface area (Å²) in [6.07, 6.45) is -0.697. The lowest BCUT2D eigenvalue weighted by Gasteiger charge is -2.27. The summed E-state index contributed by atoms with van der Waals surface area (Å²) < 4.78 is 44.2. The molecule has 1 fully saturated rings. The van der Waals surface area contributed by atoms with Crippen LogP contribution in [0.4, 0.5) is 13.2 Å². The van der Waals surface area contributed by atoms with Crippen LogP contribution in [-0.4, -0.2) is 21.9 Å². The third-order valence-electron chi connectivity index (χ3n) is 5.09. The lowest BCUT2D eigenvalue weighted by molar-refractivity contribution is -0.141. The van der Waals surface area contributed by atoms with E-state index in [-0.39, 0.29) is 17.5 Å². The van der Waals surface area contributed by atoms with Gasteiger partial charge in [-0.1, -0.05) is 11.6 Å². The van der Waals surface area contributed by atoms with Gasteiger partial charge in [0.15, 0.2) is 11.5 Å². The maximum Gasteiger partial charge on any atom is 0.433 e. The molecular formula is C20H17ClF3N3O2. The largest absolute Gasteiger partial charge is 0.440 e. The molecule has 9 heteroatoms.